The van der Waals surface area contributed by atoms with E-state index in [9.17, 15) is 10.1 Å². The maximum absolute atomic E-state index is 11.0. The molecule has 0 bridgehead atoms. The highest BCUT2D eigenvalue weighted by Gasteiger charge is 2.35. The van der Waals surface area contributed by atoms with Crippen molar-refractivity contribution in [1.82, 2.24) is 0 Å². The van der Waals surface area contributed by atoms with Crippen LogP contribution in [0.25, 0.3) is 0 Å². The van der Waals surface area contributed by atoms with Crippen molar-refractivity contribution < 1.29 is 9.41 Å². The van der Waals surface area contributed by atoms with Crippen LogP contribution in [0.2, 0.25) is 0 Å². The van der Waals surface area contributed by atoms with Gasteiger partial charge in [-0.3, -0.25) is 10.1 Å². The lowest BCUT2D eigenvalue weighted by atomic mass is 10.1. The summed E-state index contributed by atoms with van der Waals surface area (Å²) in [6, 6.07) is 5.61. The lowest BCUT2D eigenvalue weighted by molar-refractivity contribution is -0.917. The average molecular weight is 276 g/mol. The molecule has 0 unspecified atom stereocenters. The molecule has 0 saturated carbocycles. The summed E-state index contributed by atoms with van der Waals surface area (Å²) in [5, 5.41) is 11.0. The number of benzene rings is 1. The number of rotatable bonds is 2. The maximum atomic E-state index is 11.0. The molecule has 108 valence electrons. The normalized spacial score (nSPS) is 21.4. The minimum absolute atomic E-state index is 0.234. The Labute approximate surface area is 119 Å². The van der Waals surface area contributed by atoms with Crippen molar-refractivity contribution in [2.45, 2.75) is 19.8 Å². The number of nitro benzene ring substituents is 1. The zero-order valence-corrected chi connectivity index (χ0v) is 12.0. The van der Waals surface area contributed by atoms with E-state index in [1.165, 1.54) is 43.5 Å². The number of hydrogen-bond acceptors (Lipinski definition) is 3. The van der Waals surface area contributed by atoms with E-state index in [4.69, 9.17) is 0 Å². The molecule has 20 heavy (non-hydrogen) atoms. The molecule has 3 rings (SSSR count). The molecule has 2 aliphatic heterocycles. The first kappa shape index (κ1) is 13.4. The fraction of sp³-hybridized carbons (Fsp3) is 0.600. The lowest BCUT2D eigenvalue weighted by Crippen LogP contribution is -2.58. The number of aryl methyl sites for hydroxylation is 1. The quantitative estimate of drug-likeness (QED) is 0.473. The van der Waals surface area contributed by atoms with Gasteiger partial charge in [-0.15, -0.1) is 0 Å². The third-order valence-electron chi connectivity index (χ3n) is 4.96. The Kier molecular flexibility index (Phi) is 3.38. The van der Waals surface area contributed by atoms with Crippen LogP contribution in [0.15, 0.2) is 18.2 Å². The molecule has 2 aliphatic rings. The van der Waals surface area contributed by atoms with E-state index >= 15 is 0 Å². The molecule has 5 nitrogen and oxygen atoms in total. The van der Waals surface area contributed by atoms with E-state index in [1.54, 1.807) is 13.0 Å². The Bertz CT molecular complexity index is 514. The van der Waals surface area contributed by atoms with Crippen LogP contribution in [0.4, 0.5) is 11.4 Å². The Morgan fingerprint density at radius 2 is 1.80 bits per heavy atom. The summed E-state index contributed by atoms with van der Waals surface area (Å²) in [6.07, 6.45) is 2.71. The monoisotopic (exact) mass is 276 g/mol. The molecule has 1 aromatic carbocycles. The molecule has 5 heteroatoms. The van der Waals surface area contributed by atoms with Crippen LogP contribution < -0.4 is 4.90 Å². The van der Waals surface area contributed by atoms with Crippen molar-refractivity contribution >= 4 is 11.4 Å². The van der Waals surface area contributed by atoms with Gasteiger partial charge in [0.25, 0.3) is 5.69 Å². The van der Waals surface area contributed by atoms with Gasteiger partial charge in [0, 0.05) is 30.2 Å². The van der Waals surface area contributed by atoms with E-state index in [0.29, 0.717) is 0 Å². The average Bonchev–Trinajstić information content (AvgIpc) is 2.88. The summed E-state index contributed by atoms with van der Waals surface area (Å²) >= 11 is 0. The standard InChI is InChI=1S/C15H22N3O2/c1-13-4-5-14(12-15(13)17(19)20)16-6-10-18(11-7-16)8-2-3-9-18/h4-5,12H,2-3,6-11H2,1H3/q+1. The molecule has 0 radical (unpaired) electrons. The fourth-order valence-electron chi connectivity index (χ4n) is 3.59. The largest absolute Gasteiger partial charge is 0.360 e. The third kappa shape index (κ3) is 2.38. The van der Waals surface area contributed by atoms with Gasteiger partial charge >= 0.3 is 0 Å². The molecule has 0 aliphatic carbocycles. The smallest absolute Gasteiger partial charge is 0.274 e. The second-order valence-electron chi connectivity index (χ2n) is 6.16. The number of piperazine rings is 1. The van der Waals surface area contributed by atoms with Gasteiger partial charge in [0.1, 0.15) is 0 Å². The first-order chi connectivity index (χ1) is 9.60. The number of anilines is 1. The zero-order valence-electron chi connectivity index (χ0n) is 12.0. The summed E-state index contributed by atoms with van der Waals surface area (Å²) in [5.74, 6) is 0. The van der Waals surface area contributed by atoms with Gasteiger partial charge in [-0.2, -0.15) is 0 Å². The molecule has 0 atom stereocenters. The first-order valence-corrected chi connectivity index (χ1v) is 7.45. The summed E-state index contributed by atoms with van der Waals surface area (Å²) in [5.41, 5.74) is 1.97. The van der Waals surface area contributed by atoms with Gasteiger partial charge in [0.2, 0.25) is 0 Å². The number of quaternary nitrogens is 1. The van der Waals surface area contributed by atoms with Crippen molar-refractivity contribution in [3.8, 4) is 0 Å². The van der Waals surface area contributed by atoms with Crippen molar-refractivity contribution in [1.29, 1.82) is 0 Å². The fourth-order valence-corrected chi connectivity index (χ4v) is 3.59. The van der Waals surface area contributed by atoms with E-state index in [0.717, 1.165) is 24.3 Å². The van der Waals surface area contributed by atoms with Crippen LogP contribution >= 0.6 is 0 Å². The Morgan fingerprint density at radius 1 is 1.15 bits per heavy atom. The van der Waals surface area contributed by atoms with Gasteiger partial charge in [-0.05, 0) is 13.0 Å². The lowest BCUT2D eigenvalue weighted by Gasteiger charge is -2.42. The Morgan fingerprint density at radius 3 is 2.40 bits per heavy atom. The van der Waals surface area contributed by atoms with E-state index in [-0.39, 0.29) is 10.6 Å². The maximum Gasteiger partial charge on any atom is 0.274 e. The third-order valence-corrected chi connectivity index (χ3v) is 4.96. The highest BCUT2D eigenvalue weighted by Crippen LogP contribution is 2.28. The number of nitro groups is 1. The van der Waals surface area contributed by atoms with Gasteiger partial charge in [-0.1, -0.05) is 6.07 Å². The zero-order chi connectivity index (χ0) is 14.2. The molecule has 2 saturated heterocycles. The van der Waals surface area contributed by atoms with Gasteiger partial charge in [0.15, 0.2) is 0 Å². The molecule has 0 amide bonds. The van der Waals surface area contributed by atoms with E-state index < -0.39 is 0 Å². The van der Waals surface area contributed by atoms with Crippen molar-refractivity contribution in [3.63, 3.8) is 0 Å². The number of nitrogens with zero attached hydrogens (tertiary/aromatic N) is 3. The van der Waals surface area contributed by atoms with Crippen LogP contribution in [0.3, 0.4) is 0 Å². The minimum Gasteiger partial charge on any atom is -0.360 e. The SMILES string of the molecule is Cc1ccc(N2CC[N+]3(CCCC3)CC2)cc1[N+](=O)[O-]. The number of hydrogen-bond donors (Lipinski definition) is 0. The van der Waals surface area contributed by atoms with E-state index in [1.807, 2.05) is 12.1 Å². The summed E-state index contributed by atoms with van der Waals surface area (Å²) < 4.78 is 1.27. The molecule has 1 spiro atoms. The molecular weight excluding hydrogens is 254 g/mol. The van der Waals surface area contributed by atoms with Gasteiger partial charge in [-0.25, -0.2) is 0 Å². The summed E-state index contributed by atoms with van der Waals surface area (Å²) in [4.78, 5) is 13.1. The van der Waals surface area contributed by atoms with Gasteiger partial charge in [0.05, 0.1) is 44.2 Å². The summed E-state index contributed by atoms with van der Waals surface area (Å²) in [6.45, 7) is 8.83. The minimum atomic E-state index is -0.280. The molecular formula is C15H22N3O2+. The van der Waals surface area contributed by atoms with Crippen LogP contribution in [-0.4, -0.2) is 48.7 Å². The van der Waals surface area contributed by atoms with Crippen LogP contribution in [-0.2, 0) is 0 Å². The Balaban J connectivity index is 1.75. The molecule has 0 N–H and O–H groups in total. The molecule has 2 fully saturated rings. The predicted octanol–water partition coefficient (Wildman–Crippen LogP) is 2.33. The second kappa shape index (κ2) is 5.05. The topological polar surface area (TPSA) is 46.4 Å². The molecule has 1 aromatic rings. The first-order valence-electron chi connectivity index (χ1n) is 7.45. The highest BCUT2D eigenvalue weighted by atomic mass is 16.6. The van der Waals surface area contributed by atoms with Gasteiger partial charge < -0.3 is 9.38 Å². The predicted molar refractivity (Wildman–Crippen MR) is 79.0 cm³/mol. The Hall–Kier alpha value is -1.62. The molecule has 0 aromatic heterocycles. The van der Waals surface area contributed by atoms with Crippen LogP contribution in [0, 0.1) is 17.0 Å². The van der Waals surface area contributed by atoms with Crippen LogP contribution in [0.5, 0.6) is 0 Å². The van der Waals surface area contributed by atoms with Crippen LogP contribution in [0.1, 0.15) is 18.4 Å². The second-order valence-corrected chi connectivity index (χ2v) is 6.16. The summed E-state index contributed by atoms with van der Waals surface area (Å²) in [7, 11) is 0. The molecule has 2 heterocycles. The van der Waals surface area contributed by atoms with Crippen molar-refractivity contribution in [2.24, 2.45) is 0 Å². The van der Waals surface area contributed by atoms with Crippen molar-refractivity contribution in [3.05, 3.63) is 33.9 Å². The van der Waals surface area contributed by atoms with Crippen molar-refractivity contribution in [2.75, 3.05) is 44.2 Å². The highest BCUT2D eigenvalue weighted by molar-refractivity contribution is 5.56. The van der Waals surface area contributed by atoms with E-state index in [2.05, 4.69) is 4.90 Å².